The molecule has 0 fully saturated rings. The maximum Gasteiger partial charge on any atom is 0.343 e. The van der Waals surface area contributed by atoms with Gasteiger partial charge >= 0.3 is 11.7 Å². The number of nitrogens with one attached hydrogen (secondary N) is 1. The Kier molecular flexibility index (Phi) is 4.25. The largest absolute Gasteiger partial charge is 0.491 e. The second-order valence-corrected chi connectivity index (χ2v) is 4.27. The number of aromatic nitrogens is 1. The number of fused-ring (bicyclic) bond motifs is 1. The fourth-order valence-corrected chi connectivity index (χ4v) is 2.08. The number of nitrogens with zero attached hydrogens (tertiary/aromatic N) is 1. The van der Waals surface area contributed by atoms with Crippen LogP contribution in [0.3, 0.4) is 0 Å². The highest BCUT2D eigenvalue weighted by atomic mass is 19.2. The summed E-state index contributed by atoms with van der Waals surface area (Å²) in [5.41, 5.74) is -3.56. The molecule has 2 rings (SSSR count). The van der Waals surface area contributed by atoms with Crippen LogP contribution in [0.15, 0.2) is 11.0 Å². The molecule has 0 aliphatic rings. The van der Waals surface area contributed by atoms with E-state index < -0.39 is 55.9 Å². The maximum atomic E-state index is 13.9. The number of halogens is 2. The third-order valence-corrected chi connectivity index (χ3v) is 3.03. The molecular weight excluding hydrogens is 318 g/mol. The average Bonchev–Trinajstić information content (AvgIpc) is 2.49. The minimum Gasteiger partial charge on any atom is -0.491 e. The van der Waals surface area contributed by atoms with Gasteiger partial charge in [-0.3, -0.25) is 14.9 Å². The molecule has 0 radical (unpaired) electrons. The molecule has 23 heavy (non-hydrogen) atoms. The van der Waals surface area contributed by atoms with Gasteiger partial charge in [-0.15, -0.1) is 0 Å². The smallest absolute Gasteiger partial charge is 0.343 e. The van der Waals surface area contributed by atoms with Gasteiger partial charge in [-0.1, -0.05) is 0 Å². The second kappa shape index (κ2) is 5.99. The first-order chi connectivity index (χ1) is 10.8. The van der Waals surface area contributed by atoms with Crippen molar-refractivity contribution in [2.45, 2.75) is 6.92 Å². The molecular formula is C13H10F2N2O6. The highest BCUT2D eigenvalue weighted by Crippen LogP contribution is 2.35. The van der Waals surface area contributed by atoms with E-state index in [0.29, 0.717) is 0 Å². The monoisotopic (exact) mass is 328 g/mol. The number of nitro benzene ring substituents is 1. The fourth-order valence-electron chi connectivity index (χ4n) is 2.08. The number of carbonyl (C=O) groups excluding carboxylic acids is 1. The van der Waals surface area contributed by atoms with Crippen LogP contribution in [0.4, 0.5) is 14.5 Å². The number of rotatable bonds is 4. The Hall–Kier alpha value is -3.04. The van der Waals surface area contributed by atoms with Gasteiger partial charge in [0, 0.05) is 6.20 Å². The number of H-pyrrole nitrogens is 1. The summed E-state index contributed by atoms with van der Waals surface area (Å²) in [5.74, 6) is -5.23. The number of methoxy groups -OCH3 is 1. The number of ether oxygens (including phenoxy) is 2. The number of benzene rings is 1. The molecule has 1 aromatic carbocycles. The number of aromatic amines is 1. The molecule has 0 unspecified atom stereocenters. The van der Waals surface area contributed by atoms with Crippen LogP contribution in [0.25, 0.3) is 10.9 Å². The molecule has 8 nitrogen and oxygen atoms in total. The molecule has 0 aliphatic carbocycles. The summed E-state index contributed by atoms with van der Waals surface area (Å²) < 4.78 is 37.1. The maximum absolute atomic E-state index is 13.9. The molecule has 0 atom stereocenters. The molecule has 2 aromatic rings. The SMILES string of the molecule is CCOC(=O)c1c[nH]c2c(OC)c(F)c(F)c([N+](=O)[O-])c2c1=O. The van der Waals surface area contributed by atoms with Crippen LogP contribution in [0.5, 0.6) is 5.75 Å². The predicted octanol–water partition coefficient (Wildman–Crippen LogP) is 1.90. The minimum atomic E-state index is -1.86. The van der Waals surface area contributed by atoms with Crippen LogP contribution in [0, 0.1) is 21.7 Å². The van der Waals surface area contributed by atoms with Crippen LogP contribution in [-0.2, 0) is 4.74 Å². The van der Waals surface area contributed by atoms with E-state index >= 15 is 0 Å². The Bertz CT molecular complexity index is 877. The van der Waals surface area contributed by atoms with Crippen molar-refractivity contribution in [3.63, 3.8) is 0 Å². The zero-order valence-electron chi connectivity index (χ0n) is 11.9. The molecule has 1 N–H and O–H groups in total. The van der Waals surface area contributed by atoms with Crippen molar-refractivity contribution >= 4 is 22.6 Å². The standard InChI is InChI=1S/C13H10F2N2O6/c1-3-23-13(19)5-4-16-9-6(11(5)18)10(17(20)21)7(14)8(15)12(9)22-2/h4H,3H2,1-2H3,(H,16,18). The topological polar surface area (TPSA) is 112 Å². The Morgan fingerprint density at radius 3 is 2.57 bits per heavy atom. The Morgan fingerprint density at radius 1 is 1.39 bits per heavy atom. The Balaban J connectivity index is 3.00. The van der Waals surface area contributed by atoms with Crippen molar-refractivity contribution in [1.82, 2.24) is 4.98 Å². The number of esters is 1. The zero-order chi connectivity index (χ0) is 17.3. The number of hydrogen-bond donors (Lipinski definition) is 1. The molecule has 122 valence electrons. The Labute approximate surface area is 126 Å². The summed E-state index contributed by atoms with van der Waals surface area (Å²) in [7, 11) is 1.00. The van der Waals surface area contributed by atoms with Crippen molar-refractivity contribution in [1.29, 1.82) is 0 Å². The predicted molar refractivity (Wildman–Crippen MR) is 73.6 cm³/mol. The third kappa shape index (κ3) is 2.47. The molecule has 0 saturated heterocycles. The molecule has 0 amide bonds. The van der Waals surface area contributed by atoms with Crippen LogP contribution < -0.4 is 10.2 Å². The van der Waals surface area contributed by atoms with E-state index in [9.17, 15) is 28.5 Å². The van der Waals surface area contributed by atoms with Gasteiger partial charge in [-0.25, -0.2) is 4.79 Å². The van der Waals surface area contributed by atoms with Crippen LogP contribution >= 0.6 is 0 Å². The van der Waals surface area contributed by atoms with E-state index in [1.807, 2.05) is 0 Å². The van der Waals surface area contributed by atoms with Crippen molar-refractivity contribution < 1.29 is 28.0 Å². The van der Waals surface area contributed by atoms with Gasteiger partial charge in [0.25, 0.3) is 0 Å². The molecule has 0 aliphatic heterocycles. The van der Waals surface area contributed by atoms with Gasteiger partial charge in [-0.05, 0) is 6.92 Å². The molecule has 0 saturated carbocycles. The quantitative estimate of drug-likeness (QED) is 0.521. The zero-order valence-corrected chi connectivity index (χ0v) is 11.9. The highest BCUT2D eigenvalue weighted by Gasteiger charge is 2.32. The lowest BCUT2D eigenvalue weighted by Crippen LogP contribution is -2.20. The van der Waals surface area contributed by atoms with Crippen molar-refractivity contribution in [2.75, 3.05) is 13.7 Å². The average molecular weight is 328 g/mol. The van der Waals surface area contributed by atoms with E-state index in [2.05, 4.69) is 14.5 Å². The van der Waals surface area contributed by atoms with E-state index in [0.717, 1.165) is 13.3 Å². The normalized spacial score (nSPS) is 10.6. The highest BCUT2D eigenvalue weighted by molar-refractivity contribution is 5.98. The summed E-state index contributed by atoms with van der Waals surface area (Å²) in [6.07, 6.45) is 0.895. The van der Waals surface area contributed by atoms with Crippen molar-refractivity contribution in [2.24, 2.45) is 0 Å². The second-order valence-electron chi connectivity index (χ2n) is 4.27. The number of nitro groups is 1. The fraction of sp³-hybridized carbons (Fsp3) is 0.231. The first kappa shape index (κ1) is 16.3. The van der Waals surface area contributed by atoms with E-state index in [4.69, 9.17) is 0 Å². The van der Waals surface area contributed by atoms with E-state index in [-0.39, 0.29) is 6.61 Å². The van der Waals surface area contributed by atoms with Gasteiger partial charge in [0.1, 0.15) is 16.5 Å². The molecule has 1 aromatic heterocycles. The number of hydrogen-bond acceptors (Lipinski definition) is 6. The summed E-state index contributed by atoms with van der Waals surface area (Å²) in [6.45, 7) is 1.45. The van der Waals surface area contributed by atoms with Gasteiger partial charge < -0.3 is 14.5 Å². The lowest BCUT2D eigenvalue weighted by molar-refractivity contribution is -0.386. The van der Waals surface area contributed by atoms with Gasteiger partial charge in [-0.2, -0.15) is 8.78 Å². The van der Waals surface area contributed by atoms with E-state index in [1.165, 1.54) is 6.92 Å². The summed E-state index contributed by atoms with van der Waals surface area (Å²) in [6, 6.07) is 0. The van der Waals surface area contributed by atoms with Crippen molar-refractivity contribution in [3.8, 4) is 5.75 Å². The first-order valence-corrected chi connectivity index (χ1v) is 6.26. The first-order valence-electron chi connectivity index (χ1n) is 6.26. The summed E-state index contributed by atoms with van der Waals surface area (Å²) >= 11 is 0. The van der Waals surface area contributed by atoms with Gasteiger partial charge in [0.2, 0.25) is 17.1 Å². The third-order valence-electron chi connectivity index (χ3n) is 3.03. The van der Waals surface area contributed by atoms with Crippen LogP contribution in [0.2, 0.25) is 0 Å². The Morgan fingerprint density at radius 2 is 2.04 bits per heavy atom. The van der Waals surface area contributed by atoms with Crippen LogP contribution in [0.1, 0.15) is 17.3 Å². The van der Waals surface area contributed by atoms with Crippen molar-refractivity contribution in [3.05, 3.63) is 43.7 Å². The summed E-state index contributed by atoms with van der Waals surface area (Å²) in [5, 5.41) is 10.2. The lowest BCUT2D eigenvalue weighted by atomic mass is 10.1. The van der Waals surface area contributed by atoms with Crippen LogP contribution in [-0.4, -0.2) is 29.6 Å². The van der Waals surface area contributed by atoms with Gasteiger partial charge in [0.05, 0.1) is 18.6 Å². The number of carbonyl (C=O) groups is 1. The molecule has 10 heteroatoms. The minimum absolute atomic E-state index is 0.0422. The van der Waals surface area contributed by atoms with E-state index in [1.54, 1.807) is 0 Å². The van der Waals surface area contributed by atoms with Gasteiger partial charge in [0.15, 0.2) is 5.75 Å². The molecule has 0 bridgehead atoms. The summed E-state index contributed by atoms with van der Waals surface area (Å²) in [4.78, 5) is 36.2. The molecule has 1 heterocycles. The lowest BCUT2D eigenvalue weighted by Gasteiger charge is -2.09. The molecule has 0 spiro atoms. The number of pyridine rings is 1.